The smallest absolute Gasteiger partial charge is 0.0431 e. The fourth-order valence-electron chi connectivity index (χ4n) is 0.736. The lowest BCUT2D eigenvalue weighted by Crippen LogP contribution is -2.46. The summed E-state index contributed by atoms with van der Waals surface area (Å²) in [5.41, 5.74) is 5.55. The van der Waals surface area contributed by atoms with E-state index in [1.54, 1.807) is 0 Å². The average Bonchev–Trinajstić information content (AvgIpc) is 1.99. The molecular formula is C8H20N2O. The molecule has 0 bridgehead atoms. The summed E-state index contributed by atoms with van der Waals surface area (Å²) in [5, 5.41) is 11.8. The Morgan fingerprint density at radius 1 is 1.36 bits per heavy atom. The molecule has 0 unspecified atom stereocenters. The number of nitrogens with one attached hydrogen (secondary N) is 1. The third kappa shape index (κ3) is 6.28. The van der Waals surface area contributed by atoms with Gasteiger partial charge in [0.15, 0.2) is 0 Å². The molecule has 0 saturated heterocycles. The third-order valence-corrected chi connectivity index (χ3v) is 1.70. The summed E-state index contributed by atoms with van der Waals surface area (Å²) >= 11 is 0. The van der Waals surface area contributed by atoms with Crippen molar-refractivity contribution in [2.45, 2.75) is 32.2 Å². The quantitative estimate of drug-likeness (QED) is 0.482. The number of nitrogens with two attached hydrogens (primary N) is 1. The normalized spacial score (nSPS) is 12.0. The first-order chi connectivity index (χ1) is 5.12. The Morgan fingerprint density at radius 2 is 2.00 bits per heavy atom. The maximum absolute atomic E-state index is 8.50. The van der Waals surface area contributed by atoms with Gasteiger partial charge in [-0.25, -0.2) is 0 Å². The Balaban J connectivity index is 3.23. The highest BCUT2D eigenvalue weighted by Gasteiger charge is 2.12. The molecule has 0 aromatic carbocycles. The largest absolute Gasteiger partial charge is 0.396 e. The van der Waals surface area contributed by atoms with Crippen LogP contribution in [0, 0.1) is 0 Å². The average molecular weight is 160 g/mol. The molecule has 0 amide bonds. The minimum absolute atomic E-state index is 0.0372. The second kappa shape index (κ2) is 5.52. The highest BCUT2D eigenvalue weighted by molar-refractivity contribution is 4.77. The van der Waals surface area contributed by atoms with Crippen LogP contribution in [-0.2, 0) is 0 Å². The zero-order chi connectivity index (χ0) is 8.74. The van der Waals surface area contributed by atoms with Crippen molar-refractivity contribution in [2.24, 2.45) is 5.73 Å². The van der Waals surface area contributed by atoms with Crippen LogP contribution in [0.3, 0.4) is 0 Å². The van der Waals surface area contributed by atoms with Crippen molar-refractivity contribution in [2.75, 3.05) is 19.7 Å². The lowest BCUT2D eigenvalue weighted by molar-refractivity contribution is 0.279. The van der Waals surface area contributed by atoms with E-state index in [1.165, 1.54) is 0 Å². The van der Waals surface area contributed by atoms with E-state index in [0.29, 0.717) is 6.54 Å². The molecule has 0 aromatic rings. The number of rotatable bonds is 6. The van der Waals surface area contributed by atoms with Crippen molar-refractivity contribution in [3.63, 3.8) is 0 Å². The second-order valence-electron chi connectivity index (χ2n) is 3.45. The van der Waals surface area contributed by atoms with Crippen LogP contribution in [0.4, 0.5) is 0 Å². The maximum atomic E-state index is 8.50. The molecule has 0 aromatic heterocycles. The molecule has 0 saturated carbocycles. The number of aliphatic hydroxyl groups is 1. The van der Waals surface area contributed by atoms with Gasteiger partial charge in [0.1, 0.15) is 0 Å². The maximum Gasteiger partial charge on any atom is 0.0431 e. The molecule has 0 aliphatic heterocycles. The van der Waals surface area contributed by atoms with Crippen LogP contribution in [-0.4, -0.2) is 30.3 Å². The topological polar surface area (TPSA) is 58.3 Å². The second-order valence-corrected chi connectivity index (χ2v) is 3.45. The van der Waals surface area contributed by atoms with Gasteiger partial charge < -0.3 is 16.2 Å². The van der Waals surface area contributed by atoms with Gasteiger partial charge in [-0.05, 0) is 33.2 Å². The van der Waals surface area contributed by atoms with Crippen molar-refractivity contribution < 1.29 is 5.11 Å². The van der Waals surface area contributed by atoms with Crippen molar-refractivity contribution in [3.8, 4) is 0 Å². The fraction of sp³-hybridized carbons (Fsp3) is 1.00. The summed E-state index contributed by atoms with van der Waals surface area (Å²) in [6, 6.07) is 0. The SMILES string of the molecule is CC(C)(CN)NCCCCO. The van der Waals surface area contributed by atoms with E-state index in [4.69, 9.17) is 10.8 Å². The molecule has 0 spiro atoms. The Morgan fingerprint density at radius 3 is 2.45 bits per heavy atom. The van der Waals surface area contributed by atoms with Gasteiger partial charge >= 0.3 is 0 Å². The van der Waals surface area contributed by atoms with Gasteiger partial charge in [0.2, 0.25) is 0 Å². The van der Waals surface area contributed by atoms with Crippen LogP contribution < -0.4 is 11.1 Å². The lowest BCUT2D eigenvalue weighted by Gasteiger charge is -2.24. The lowest BCUT2D eigenvalue weighted by atomic mass is 10.1. The van der Waals surface area contributed by atoms with E-state index in [9.17, 15) is 0 Å². The summed E-state index contributed by atoms with van der Waals surface area (Å²) in [6.07, 6.45) is 1.88. The van der Waals surface area contributed by atoms with Gasteiger partial charge in [-0.3, -0.25) is 0 Å². The molecule has 68 valence electrons. The molecule has 0 rings (SSSR count). The number of aliphatic hydroxyl groups excluding tert-OH is 1. The summed E-state index contributed by atoms with van der Waals surface area (Å²) in [4.78, 5) is 0. The van der Waals surface area contributed by atoms with Crippen LogP contribution in [0.2, 0.25) is 0 Å². The van der Waals surface area contributed by atoms with Gasteiger partial charge in [-0.1, -0.05) is 0 Å². The van der Waals surface area contributed by atoms with E-state index in [0.717, 1.165) is 19.4 Å². The standard InChI is InChI=1S/C8H20N2O/c1-8(2,7-9)10-5-3-4-6-11/h10-11H,3-7,9H2,1-2H3. The highest BCUT2D eigenvalue weighted by atomic mass is 16.2. The number of unbranched alkanes of at least 4 members (excludes halogenated alkanes) is 1. The Bertz CT molecular complexity index is 94.1. The Kier molecular flexibility index (Phi) is 5.46. The zero-order valence-electron chi connectivity index (χ0n) is 7.56. The van der Waals surface area contributed by atoms with E-state index >= 15 is 0 Å². The van der Waals surface area contributed by atoms with Crippen LogP contribution in [0.5, 0.6) is 0 Å². The van der Waals surface area contributed by atoms with Gasteiger partial charge in [0.05, 0.1) is 0 Å². The molecule has 0 atom stereocenters. The summed E-state index contributed by atoms with van der Waals surface area (Å²) in [6.45, 7) is 6.01. The van der Waals surface area contributed by atoms with E-state index < -0.39 is 0 Å². The molecule has 0 aliphatic rings. The molecule has 3 heteroatoms. The van der Waals surface area contributed by atoms with Crippen molar-refractivity contribution in [1.29, 1.82) is 0 Å². The van der Waals surface area contributed by atoms with E-state index in [2.05, 4.69) is 19.2 Å². The van der Waals surface area contributed by atoms with Crippen LogP contribution in [0.25, 0.3) is 0 Å². The summed E-state index contributed by atoms with van der Waals surface area (Å²) < 4.78 is 0. The van der Waals surface area contributed by atoms with E-state index in [-0.39, 0.29) is 12.1 Å². The van der Waals surface area contributed by atoms with Crippen molar-refractivity contribution >= 4 is 0 Å². The van der Waals surface area contributed by atoms with Gasteiger partial charge in [-0.15, -0.1) is 0 Å². The minimum atomic E-state index is 0.0372. The Hall–Kier alpha value is -0.120. The number of hydrogen-bond donors (Lipinski definition) is 3. The highest BCUT2D eigenvalue weighted by Crippen LogP contribution is 1.98. The van der Waals surface area contributed by atoms with Gasteiger partial charge in [0.25, 0.3) is 0 Å². The van der Waals surface area contributed by atoms with Crippen LogP contribution in [0.15, 0.2) is 0 Å². The first-order valence-electron chi connectivity index (χ1n) is 4.18. The Labute approximate surface area is 69.0 Å². The molecule has 4 N–H and O–H groups in total. The van der Waals surface area contributed by atoms with Crippen molar-refractivity contribution in [1.82, 2.24) is 5.32 Å². The first-order valence-corrected chi connectivity index (χ1v) is 4.18. The molecule has 0 fully saturated rings. The first kappa shape index (κ1) is 10.9. The predicted octanol–water partition coefficient (Wildman–Crippen LogP) is 0.0858. The minimum Gasteiger partial charge on any atom is -0.396 e. The van der Waals surface area contributed by atoms with Crippen molar-refractivity contribution in [3.05, 3.63) is 0 Å². The molecule has 0 heterocycles. The van der Waals surface area contributed by atoms with Gasteiger partial charge in [0, 0.05) is 18.7 Å². The molecule has 3 nitrogen and oxygen atoms in total. The predicted molar refractivity (Wildman–Crippen MR) is 47.5 cm³/mol. The fourth-order valence-corrected chi connectivity index (χ4v) is 0.736. The zero-order valence-corrected chi connectivity index (χ0v) is 7.56. The number of hydrogen-bond acceptors (Lipinski definition) is 3. The van der Waals surface area contributed by atoms with Crippen LogP contribution >= 0.6 is 0 Å². The molecule has 0 radical (unpaired) electrons. The van der Waals surface area contributed by atoms with Crippen LogP contribution in [0.1, 0.15) is 26.7 Å². The van der Waals surface area contributed by atoms with E-state index in [1.807, 2.05) is 0 Å². The third-order valence-electron chi connectivity index (χ3n) is 1.70. The molecule has 0 aliphatic carbocycles. The van der Waals surface area contributed by atoms with Gasteiger partial charge in [-0.2, -0.15) is 0 Å². The summed E-state index contributed by atoms with van der Waals surface area (Å²) in [7, 11) is 0. The molecule has 11 heavy (non-hydrogen) atoms. The molecular weight excluding hydrogens is 140 g/mol. The monoisotopic (exact) mass is 160 g/mol. The summed E-state index contributed by atoms with van der Waals surface area (Å²) in [5.74, 6) is 0.